The summed E-state index contributed by atoms with van der Waals surface area (Å²) in [4.78, 5) is 14.3. The van der Waals surface area contributed by atoms with Gasteiger partial charge in [-0.05, 0) is 69.7 Å². The zero-order valence-electron chi connectivity index (χ0n) is 16.2. The molecule has 2 aliphatic rings. The first-order valence-electron chi connectivity index (χ1n) is 10.2. The minimum Gasteiger partial charge on any atom is -0.325 e. The lowest BCUT2D eigenvalue weighted by Crippen LogP contribution is -3.16. The van der Waals surface area contributed by atoms with E-state index >= 15 is 0 Å². The number of quaternary nitrogens is 1. The molecule has 7 heteroatoms. The normalized spacial score (nSPS) is 21.4. The van der Waals surface area contributed by atoms with E-state index in [0.29, 0.717) is 23.7 Å². The van der Waals surface area contributed by atoms with E-state index in [1.807, 2.05) is 6.92 Å². The van der Waals surface area contributed by atoms with Crippen LogP contribution in [0.2, 0.25) is 0 Å². The van der Waals surface area contributed by atoms with Gasteiger partial charge in [-0.1, -0.05) is 6.42 Å². The Kier molecular flexibility index (Phi) is 6.89. The average molecular weight is 395 g/mol. The summed E-state index contributed by atoms with van der Waals surface area (Å²) in [6.07, 6.45) is 8.01. The quantitative estimate of drug-likeness (QED) is 0.798. The number of anilines is 1. The van der Waals surface area contributed by atoms with Crippen molar-refractivity contribution in [2.45, 2.75) is 62.8 Å². The van der Waals surface area contributed by atoms with Gasteiger partial charge in [0.1, 0.15) is 0 Å². The first-order chi connectivity index (χ1) is 13.0. The van der Waals surface area contributed by atoms with Crippen LogP contribution in [0, 0.1) is 0 Å². The Morgan fingerprint density at radius 3 is 2.11 bits per heavy atom. The molecule has 2 heterocycles. The molecule has 0 aliphatic carbocycles. The van der Waals surface area contributed by atoms with Crippen molar-refractivity contribution in [1.29, 1.82) is 0 Å². The van der Waals surface area contributed by atoms with Gasteiger partial charge in [-0.3, -0.25) is 4.79 Å². The molecule has 1 aromatic carbocycles. The highest BCUT2D eigenvalue weighted by Gasteiger charge is 2.28. The van der Waals surface area contributed by atoms with Gasteiger partial charge in [0.05, 0.1) is 18.0 Å². The summed E-state index contributed by atoms with van der Waals surface area (Å²) in [5.74, 6) is 0.000670. The minimum absolute atomic E-state index is 0.000670. The summed E-state index contributed by atoms with van der Waals surface area (Å²) in [6, 6.07) is 6.47. The molecule has 27 heavy (non-hydrogen) atoms. The summed E-state index contributed by atoms with van der Waals surface area (Å²) in [5, 5.41) is 2.96. The number of nitrogens with one attached hydrogen (secondary N) is 2. The van der Waals surface area contributed by atoms with Crippen LogP contribution < -0.4 is 10.2 Å². The molecule has 2 N–H and O–H groups in total. The number of hydrogen-bond donors (Lipinski definition) is 2. The molecule has 1 aromatic rings. The molecule has 150 valence electrons. The maximum absolute atomic E-state index is 12.6. The fourth-order valence-electron chi connectivity index (χ4n) is 4.02. The second-order valence-corrected chi connectivity index (χ2v) is 9.71. The number of hydrogen-bond acceptors (Lipinski definition) is 3. The summed E-state index contributed by atoms with van der Waals surface area (Å²) in [7, 11) is -3.41. The van der Waals surface area contributed by atoms with E-state index in [4.69, 9.17) is 0 Å². The van der Waals surface area contributed by atoms with Gasteiger partial charge in [-0.15, -0.1) is 0 Å². The number of rotatable bonds is 5. The monoisotopic (exact) mass is 394 g/mol. The van der Waals surface area contributed by atoms with Gasteiger partial charge in [0.2, 0.25) is 10.0 Å². The molecule has 0 radical (unpaired) electrons. The SMILES string of the molecule is C[C@H](C(=O)Nc1ccc(S(=O)(=O)N2CCCC2)cc1)[NH+]1CCCCCCC1. The van der Waals surface area contributed by atoms with Crippen LogP contribution in [-0.4, -0.2) is 50.9 Å². The first kappa shape index (κ1) is 20.3. The fraction of sp³-hybridized carbons (Fsp3) is 0.650. The molecule has 6 nitrogen and oxygen atoms in total. The van der Waals surface area contributed by atoms with Gasteiger partial charge in [-0.2, -0.15) is 4.31 Å². The second kappa shape index (κ2) is 9.17. The second-order valence-electron chi connectivity index (χ2n) is 7.77. The van der Waals surface area contributed by atoms with E-state index in [0.717, 1.165) is 25.9 Å². The van der Waals surface area contributed by atoms with Crippen LogP contribution in [0.15, 0.2) is 29.2 Å². The van der Waals surface area contributed by atoms with Crippen molar-refractivity contribution in [2.75, 3.05) is 31.5 Å². The smallest absolute Gasteiger partial charge is 0.282 e. The van der Waals surface area contributed by atoms with Gasteiger partial charge < -0.3 is 10.2 Å². The van der Waals surface area contributed by atoms with Crippen molar-refractivity contribution < 1.29 is 18.1 Å². The molecular weight excluding hydrogens is 362 g/mol. The Bertz CT molecular complexity index is 719. The van der Waals surface area contributed by atoms with Crippen LogP contribution in [0.3, 0.4) is 0 Å². The number of amides is 1. The highest BCUT2D eigenvalue weighted by molar-refractivity contribution is 7.89. The lowest BCUT2D eigenvalue weighted by atomic mass is 10.1. The molecule has 0 unspecified atom stereocenters. The van der Waals surface area contributed by atoms with Crippen LogP contribution in [0.5, 0.6) is 0 Å². The summed E-state index contributed by atoms with van der Waals surface area (Å²) < 4.78 is 26.7. The number of benzene rings is 1. The van der Waals surface area contributed by atoms with Crippen LogP contribution in [0.1, 0.15) is 51.9 Å². The van der Waals surface area contributed by atoms with E-state index in [1.165, 1.54) is 41.3 Å². The zero-order chi connectivity index (χ0) is 19.3. The maximum atomic E-state index is 12.6. The highest BCUT2D eigenvalue weighted by atomic mass is 32.2. The van der Waals surface area contributed by atoms with Crippen LogP contribution in [0.25, 0.3) is 0 Å². The molecular formula is C20H32N3O3S+. The third-order valence-electron chi connectivity index (χ3n) is 5.83. The Labute approximate surface area is 163 Å². The number of nitrogens with zero attached hydrogens (tertiary/aromatic N) is 1. The predicted molar refractivity (Wildman–Crippen MR) is 106 cm³/mol. The third kappa shape index (κ3) is 5.09. The van der Waals surface area contributed by atoms with E-state index in [9.17, 15) is 13.2 Å². The Balaban J connectivity index is 1.60. The standard InChI is InChI=1S/C20H31N3O3S/c1-17(22-13-5-3-2-4-6-14-22)20(24)21-18-9-11-19(12-10-18)27(25,26)23-15-7-8-16-23/h9-12,17H,2-8,13-16H2,1H3,(H,21,24)/p+1/t17-/m1/s1. The van der Waals surface area contributed by atoms with Gasteiger partial charge in [0.25, 0.3) is 5.91 Å². The topological polar surface area (TPSA) is 70.9 Å². The van der Waals surface area contributed by atoms with Crippen molar-refractivity contribution >= 4 is 21.6 Å². The van der Waals surface area contributed by atoms with Crippen molar-refractivity contribution in [3.63, 3.8) is 0 Å². The van der Waals surface area contributed by atoms with E-state index in [2.05, 4.69) is 5.32 Å². The molecule has 0 spiro atoms. The van der Waals surface area contributed by atoms with Gasteiger partial charge in [0.15, 0.2) is 6.04 Å². The largest absolute Gasteiger partial charge is 0.325 e. The molecule has 0 aromatic heterocycles. The molecule has 0 saturated carbocycles. The Morgan fingerprint density at radius 1 is 0.963 bits per heavy atom. The predicted octanol–water partition coefficient (Wildman–Crippen LogP) is 1.65. The minimum atomic E-state index is -3.41. The van der Waals surface area contributed by atoms with Crippen LogP contribution in [-0.2, 0) is 14.8 Å². The lowest BCUT2D eigenvalue weighted by molar-refractivity contribution is -0.914. The molecule has 0 bridgehead atoms. The molecule has 1 atom stereocenters. The van der Waals surface area contributed by atoms with E-state index in [-0.39, 0.29) is 11.9 Å². The summed E-state index contributed by atoms with van der Waals surface area (Å²) in [6.45, 7) is 5.26. The molecule has 2 aliphatic heterocycles. The van der Waals surface area contributed by atoms with Gasteiger partial charge in [-0.25, -0.2) is 8.42 Å². The number of carbonyl (C=O) groups is 1. The fourth-order valence-corrected chi connectivity index (χ4v) is 5.53. The van der Waals surface area contributed by atoms with Crippen molar-refractivity contribution in [1.82, 2.24) is 4.31 Å². The van der Waals surface area contributed by atoms with E-state index < -0.39 is 10.0 Å². The summed E-state index contributed by atoms with van der Waals surface area (Å²) >= 11 is 0. The third-order valence-corrected chi connectivity index (χ3v) is 7.74. The molecule has 2 fully saturated rings. The highest BCUT2D eigenvalue weighted by Crippen LogP contribution is 2.22. The lowest BCUT2D eigenvalue weighted by Gasteiger charge is -2.27. The maximum Gasteiger partial charge on any atom is 0.282 e. The summed E-state index contributed by atoms with van der Waals surface area (Å²) in [5.41, 5.74) is 0.652. The Hall–Kier alpha value is -1.44. The molecule has 1 amide bonds. The van der Waals surface area contributed by atoms with E-state index in [1.54, 1.807) is 24.3 Å². The van der Waals surface area contributed by atoms with Crippen LogP contribution in [0.4, 0.5) is 5.69 Å². The van der Waals surface area contributed by atoms with Crippen molar-refractivity contribution in [3.05, 3.63) is 24.3 Å². The van der Waals surface area contributed by atoms with Crippen molar-refractivity contribution in [3.8, 4) is 0 Å². The molecule has 2 saturated heterocycles. The van der Waals surface area contributed by atoms with Crippen LogP contribution >= 0.6 is 0 Å². The zero-order valence-corrected chi connectivity index (χ0v) is 17.1. The van der Waals surface area contributed by atoms with Gasteiger partial charge in [0, 0.05) is 18.8 Å². The number of carbonyl (C=O) groups excluding carboxylic acids is 1. The molecule has 3 rings (SSSR count). The average Bonchev–Trinajstić information content (AvgIpc) is 3.17. The van der Waals surface area contributed by atoms with Gasteiger partial charge >= 0.3 is 0 Å². The first-order valence-corrected chi connectivity index (χ1v) is 11.7. The number of sulfonamides is 1. The Morgan fingerprint density at radius 2 is 1.52 bits per heavy atom. The number of likely N-dealkylation sites (tertiary alicyclic amines) is 1. The van der Waals surface area contributed by atoms with Crippen molar-refractivity contribution in [2.24, 2.45) is 0 Å².